The normalized spacial score (nSPS) is 21.0. The zero-order valence-corrected chi connectivity index (χ0v) is 8.76. The van der Waals surface area contributed by atoms with Gasteiger partial charge in [-0.2, -0.15) is 12.3 Å². The molecule has 0 N–H and O–H groups in total. The van der Waals surface area contributed by atoms with E-state index in [4.69, 9.17) is 3.87 Å². The Bertz CT molecular complexity index is 77.9. The molecule has 1 saturated carbocycles. The van der Waals surface area contributed by atoms with Crippen LogP contribution >= 0.6 is 0 Å². The van der Waals surface area contributed by atoms with E-state index in [1.807, 2.05) is 0 Å². The van der Waals surface area contributed by atoms with Crippen molar-refractivity contribution in [1.82, 2.24) is 0 Å². The number of hydrogen-bond donors (Lipinski definition) is 0. The summed E-state index contributed by atoms with van der Waals surface area (Å²) in [5.41, 5.74) is 0. The van der Waals surface area contributed by atoms with E-state index < -0.39 is 0 Å². The van der Waals surface area contributed by atoms with E-state index >= 15 is 0 Å². The van der Waals surface area contributed by atoms with Crippen molar-refractivity contribution in [3.8, 4) is 0 Å². The topological polar surface area (TPSA) is 17.1 Å². The van der Waals surface area contributed by atoms with Gasteiger partial charge in [-0.25, -0.2) is 0 Å². The first-order valence-corrected chi connectivity index (χ1v) is 4.73. The van der Waals surface area contributed by atoms with Crippen LogP contribution in [0, 0.1) is 18.9 Å². The van der Waals surface area contributed by atoms with Gasteiger partial charge in [0.15, 0.2) is 0 Å². The van der Waals surface area contributed by atoms with E-state index in [-0.39, 0.29) is 0 Å². The summed E-state index contributed by atoms with van der Waals surface area (Å²) in [6.45, 7) is 9.28. The van der Waals surface area contributed by atoms with Gasteiger partial charge in [0.1, 0.15) is 0 Å². The molecule has 0 saturated heterocycles. The Labute approximate surface area is 84.4 Å². The first-order chi connectivity index (χ1) is 5.93. The fourth-order valence-electron chi connectivity index (χ4n) is 1.39. The fraction of sp³-hybridized carbons (Fsp3) is 0.700. The van der Waals surface area contributed by atoms with Gasteiger partial charge < -0.3 is 13.0 Å². The molecule has 1 aliphatic rings. The number of rotatable bonds is 1. The molecule has 12 heavy (non-hydrogen) atoms. The van der Waals surface area contributed by atoms with Crippen LogP contribution in [0.5, 0.6) is 0 Å². The molecule has 0 aromatic rings. The van der Waals surface area contributed by atoms with Crippen LogP contribution in [0.4, 0.5) is 0 Å². The van der Waals surface area contributed by atoms with Crippen molar-refractivity contribution in [2.45, 2.75) is 39.0 Å². The second kappa shape index (κ2) is 13.6. The van der Waals surface area contributed by atoms with E-state index in [0.717, 1.165) is 5.92 Å². The molecule has 1 fully saturated rings. The molecular formula is C10H18CoO-2. The van der Waals surface area contributed by atoms with Crippen LogP contribution in [0.1, 0.15) is 39.0 Å². The molecule has 2 heteroatoms. The van der Waals surface area contributed by atoms with Crippen molar-refractivity contribution in [3.05, 3.63) is 19.6 Å². The third kappa shape index (κ3) is 8.15. The van der Waals surface area contributed by atoms with Gasteiger partial charge in [0, 0.05) is 0 Å². The monoisotopic (exact) mass is 213 g/mol. The number of hydrogen-bond acceptors (Lipinski definition) is 1. The summed E-state index contributed by atoms with van der Waals surface area (Å²) >= 11 is 2.31. The molecule has 1 aliphatic carbocycles. The van der Waals surface area contributed by atoms with Crippen molar-refractivity contribution in [2.75, 3.05) is 0 Å². The third-order valence-electron chi connectivity index (χ3n) is 2.05. The zero-order valence-electron chi connectivity index (χ0n) is 7.72. The van der Waals surface area contributed by atoms with Gasteiger partial charge >= 0.3 is 19.5 Å². The van der Waals surface area contributed by atoms with Crippen LogP contribution in [-0.2, 0) is 19.5 Å². The maximum absolute atomic E-state index is 7.94. The molecule has 0 amide bonds. The van der Waals surface area contributed by atoms with Crippen LogP contribution in [-0.4, -0.2) is 0 Å². The molecule has 0 radical (unpaired) electrons. The van der Waals surface area contributed by atoms with Crippen LogP contribution in [0.3, 0.4) is 0 Å². The van der Waals surface area contributed by atoms with Crippen LogP contribution in [0.25, 0.3) is 0 Å². The van der Waals surface area contributed by atoms with Crippen LogP contribution < -0.4 is 0 Å². The molecule has 0 spiro atoms. The molecule has 1 unspecified atom stereocenters. The first-order valence-electron chi connectivity index (χ1n) is 4.31. The summed E-state index contributed by atoms with van der Waals surface area (Å²) in [4.78, 5) is 0. The maximum atomic E-state index is 7.94. The first kappa shape index (κ1) is 14.6. The quantitative estimate of drug-likeness (QED) is 0.611. The third-order valence-corrected chi connectivity index (χ3v) is 2.05. The summed E-state index contributed by atoms with van der Waals surface area (Å²) in [5, 5.41) is 0. The summed E-state index contributed by atoms with van der Waals surface area (Å²) < 4.78 is 7.94. The average molecular weight is 213 g/mol. The fourth-order valence-corrected chi connectivity index (χ4v) is 1.39. The van der Waals surface area contributed by atoms with Crippen molar-refractivity contribution < 1.29 is 19.5 Å². The van der Waals surface area contributed by atoms with Gasteiger partial charge in [-0.1, -0.05) is 32.6 Å². The predicted octanol–water partition coefficient (Wildman–Crippen LogP) is 3.27. The Hall–Kier alpha value is 0.0465. The molecule has 0 bridgehead atoms. The van der Waals surface area contributed by atoms with E-state index in [2.05, 4.69) is 42.2 Å². The standard InChI is InChI=1S/C8H15.C2H3.Co.O/c1-2-8-6-4-3-5-7-8;1-2;;/h6,8H,2-5,7H2,1H3;1H,2H2;;/q2*-1;;. The van der Waals surface area contributed by atoms with Crippen LogP contribution in [0.2, 0.25) is 0 Å². The van der Waals surface area contributed by atoms with E-state index in [1.165, 1.54) is 32.1 Å². The molecule has 1 rings (SSSR count). The van der Waals surface area contributed by atoms with Crippen LogP contribution in [0.15, 0.2) is 6.58 Å². The molecule has 0 aromatic heterocycles. The van der Waals surface area contributed by atoms with Crippen molar-refractivity contribution in [3.63, 3.8) is 0 Å². The van der Waals surface area contributed by atoms with Crippen molar-refractivity contribution in [1.29, 1.82) is 0 Å². The average Bonchev–Trinajstić information content (AvgIpc) is 2.25. The van der Waals surface area contributed by atoms with Gasteiger partial charge in [-0.3, -0.25) is 6.58 Å². The van der Waals surface area contributed by atoms with E-state index in [9.17, 15) is 0 Å². The molecule has 1 nitrogen and oxygen atoms in total. The SMILES string of the molecule is CCC1[CH-]CCCC1.[CH-]=C.[O]=[Co]. The predicted molar refractivity (Wildman–Crippen MR) is 47.2 cm³/mol. The second-order valence-electron chi connectivity index (χ2n) is 2.69. The van der Waals surface area contributed by atoms with Crippen molar-refractivity contribution in [2.24, 2.45) is 5.92 Å². The Morgan fingerprint density at radius 2 is 2.08 bits per heavy atom. The molecule has 1 atom stereocenters. The minimum atomic E-state index is 0.962. The Morgan fingerprint density at radius 3 is 2.33 bits per heavy atom. The van der Waals surface area contributed by atoms with Gasteiger partial charge in [-0.05, 0) is 0 Å². The minimum absolute atomic E-state index is 0.962. The summed E-state index contributed by atoms with van der Waals surface area (Å²) in [6, 6.07) is 0. The van der Waals surface area contributed by atoms with Gasteiger partial charge in [0.05, 0.1) is 0 Å². The van der Waals surface area contributed by atoms with Gasteiger partial charge in [0.2, 0.25) is 0 Å². The molecule has 0 heterocycles. The molecule has 75 valence electrons. The van der Waals surface area contributed by atoms with E-state index in [1.54, 1.807) is 0 Å². The van der Waals surface area contributed by atoms with Gasteiger partial charge in [-0.15, -0.1) is 0 Å². The van der Waals surface area contributed by atoms with E-state index in [0.29, 0.717) is 0 Å². The Balaban J connectivity index is 0. The molecule has 0 aromatic carbocycles. The zero-order chi connectivity index (χ0) is 9.82. The second-order valence-corrected chi connectivity index (χ2v) is 2.69. The Morgan fingerprint density at radius 1 is 1.50 bits per heavy atom. The molecular weight excluding hydrogens is 195 g/mol. The molecule has 0 aliphatic heterocycles. The van der Waals surface area contributed by atoms with Gasteiger partial charge in [0.25, 0.3) is 0 Å². The van der Waals surface area contributed by atoms with Crippen molar-refractivity contribution >= 4 is 0 Å². The summed E-state index contributed by atoms with van der Waals surface area (Å²) in [6.07, 6.45) is 9.59. The summed E-state index contributed by atoms with van der Waals surface area (Å²) in [5.74, 6) is 0.962. The Kier molecular flexibility index (Phi) is 16.5. The summed E-state index contributed by atoms with van der Waals surface area (Å²) in [7, 11) is 0.